The second-order valence-electron chi connectivity index (χ2n) is 7.00. The summed E-state index contributed by atoms with van der Waals surface area (Å²) in [6, 6.07) is 5.53. The van der Waals surface area contributed by atoms with Gasteiger partial charge in [0.15, 0.2) is 0 Å². The van der Waals surface area contributed by atoms with E-state index in [1.807, 2.05) is 26.0 Å². The number of H-pyrrole nitrogens is 1. The van der Waals surface area contributed by atoms with Crippen molar-refractivity contribution in [2.75, 3.05) is 17.8 Å². The van der Waals surface area contributed by atoms with Crippen LogP contribution in [-0.2, 0) is 10.0 Å². The number of aryl methyl sites for hydroxylation is 4. The molecule has 1 fully saturated rings. The maximum atomic E-state index is 13.1. The highest BCUT2D eigenvalue weighted by atomic mass is 32.2. The fraction of sp³-hybridized carbons (Fsp3) is 0.421. The lowest BCUT2D eigenvalue weighted by molar-refractivity contribution is 0.0788. The van der Waals surface area contributed by atoms with E-state index in [-0.39, 0.29) is 16.4 Å². The van der Waals surface area contributed by atoms with Crippen LogP contribution in [0.25, 0.3) is 0 Å². The quantitative estimate of drug-likeness (QED) is 0.860. The van der Waals surface area contributed by atoms with Crippen LogP contribution in [0.4, 0.5) is 5.69 Å². The Morgan fingerprint density at radius 1 is 1.08 bits per heavy atom. The molecule has 0 bridgehead atoms. The van der Waals surface area contributed by atoms with Gasteiger partial charge in [-0.3, -0.25) is 9.52 Å². The van der Waals surface area contributed by atoms with Crippen LogP contribution in [-0.4, -0.2) is 37.3 Å². The van der Waals surface area contributed by atoms with E-state index in [4.69, 9.17) is 0 Å². The number of hydrogen-bond donors (Lipinski definition) is 2. The Bertz CT molecular complexity index is 955. The van der Waals surface area contributed by atoms with Gasteiger partial charge in [0, 0.05) is 24.5 Å². The molecule has 1 aromatic carbocycles. The zero-order chi connectivity index (χ0) is 19.1. The van der Waals surface area contributed by atoms with Crippen LogP contribution in [0.1, 0.15) is 45.7 Å². The van der Waals surface area contributed by atoms with Crippen molar-refractivity contribution in [2.24, 2.45) is 0 Å². The van der Waals surface area contributed by atoms with Crippen molar-refractivity contribution in [3.8, 4) is 0 Å². The zero-order valence-corrected chi connectivity index (χ0v) is 16.5. The number of carbonyl (C=O) groups excluding carboxylic acids is 1. The van der Waals surface area contributed by atoms with E-state index >= 15 is 0 Å². The van der Waals surface area contributed by atoms with Crippen LogP contribution in [0, 0.1) is 27.7 Å². The molecule has 26 heavy (non-hydrogen) atoms. The number of amides is 1. The van der Waals surface area contributed by atoms with Gasteiger partial charge in [-0.25, -0.2) is 8.42 Å². The summed E-state index contributed by atoms with van der Waals surface area (Å²) < 4.78 is 28.9. The van der Waals surface area contributed by atoms with E-state index in [0.29, 0.717) is 30.2 Å². The number of hydrogen-bond acceptors (Lipinski definition) is 3. The summed E-state index contributed by atoms with van der Waals surface area (Å²) in [5.74, 6) is -0.217. The number of nitrogens with zero attached hydrogens (tertiary/aromatic N) is 1. The molecule has 6 nitrogen and oxygen atoms in total. The summed E-state index contributed by atoms with van der Waals surface area (Å²) in [7, 11) is -3.89. The first-order valence-electron chi connectivity index (χ1n) is 8.79. The minimum atomic E-state index is -3.89. The normalized spacial score (nSPS) is 14.7. The average Bonchev–Trinajstić information content (AvgIpc) is 3.17. The summed E-state index contributed by atoms with van der Waals surface area (Å²) in [6.07, 6.45) is 1.91. The Balaban J connectivity index is 2.03. The van der Waals surface area contributed by atoms with Gasteiger partial charge in [-0.15, -0.1) is 0 Å². The Kier molecular flexibility index (Phi) is 4.84. The van der Waals surface area contributed by atoms with Gasteiger partial charge in [0.2, 0.25) is 0 Å². The molecule has 0 atom stereocenters. The molecule has 2 aromatic rings. The molecule has 2 heterocycles. The molecule has 7 heteroatoms. The topological polar surface area (TPSA) is 82.3 Å². The zero-order valence-electron chi connectivity index (χ0n) is 15.6. The fourth-order valence-electron chi connectivity index (χ4n) is 3.55. The van der Waals surface area contributed by atoms with Gasteiger partial charge < -0.3 is 9.88 Å². The van der Waals surface area contributed by atoms with Crippen molar-refractivity contribution in [1.29, 1.82) is 0 Å². The van der Waals surface area contributed by atoms with Crippen molar-refractivity contribution in [1.82, 2.24) is 9.88 Å². The molecule has 0 aliphatic carbocycles. The van der Waals surface area contributed by atoms with E-state index in [0.717, 1.165) is 24.0 Å². The van der Waals surface area contributed by atoms with Crippen LogP contribution >= 0.6 is 0 Å². The third kappa shape index (κ3) is 3.35. The van der Waals surface area contributed by atoms with E-state index in [1.165, 1.54) is 0 Å². The van der Waals surface area contributed by atoms with Crippen molar-refractivity contribution in [3.05, 3.63) is 46.3 Å². The number of benzene rings is 1. The number of anilines is 1. The van der Waals surface area contributed by atoms with E-state index in [1.54, 1.807) is 24.8 Å². The Morgan fingerprint density at radius 3 is 2.35 bits per heavy atom. The Labute approximate surface area is 154 Å². The Morgan fingerprint density at radius 2 is 1.73 bits per heavy atom. The van der Waals surface area contributed by atoms with Gasteiger partial charge in [-0.1, -0.05) is 17.7 Å². The molecule has 0 radical (unpaired) electrons. The van der Waals surface area contributed by atoms with Crippen LogP contribution in [0.3, 0.4) is 0 Å². The summed E-state index contributed by atoms with van der Waals surface area (Å²) in [4.78, 5) is 17.7. The number of rotatable bonds is 4. The van der Waals surface area contributed by atoms with E-state index in [2.05, 4.69) is 9.71 Å². The number of aromatic amines is 1. The van der Waals surface area contributed by atoms with E-state index < -0.39 is 10.0 Å². The van der Waals surface area contributed by atoms with Gasteiger partial charge in [-0.2, -0.15) is 0 Å². The Hall–Kier alpha value is -2.28. The molecular weight excluding hydrogens is 350 g/mol. The first kappa shape index (κ1) is 18.5. The molecule has 0 unspecified atom stereocenters. The van der Waals surface area contributed by atoms with Gasteiger partial charge in [0.1, 0.15) is 4.90 Å². The first-order chi connectivity index (χ1) is 12.2. The molecule has 1 saturated heterocycles. The predicted molar refractivity (Wildman–Crippen MR) is 102 cm³/mol. The first-order valence-corrected chi connectivity index (χ1v) is 10.3. The lowest BCUT2D eigenvalue weighted by Crippen LogP contribution is -2.30. The standard InChI is InChI=1S/C19H25N3O3S/c1-12-7-8-16(13(2)11-12)21-26(24,25)18-15(4)20-14(3)17(18)19(23)22-9-5-6-10-22/h7-8,11,20-21H,5-6,9-10H2,1-4H3. The van der Waals surface area contributed by atoms with Crippen LogP contribution in [0.15, 0.2) is 23.1 Å². The number of aromatic nitrogens is 1. The molecule has 3 rings (SSSR count). The second kappa shape index (κ2) is 6.79. The van der Waals surface area contributed by atoms with Gasteiger partial charge >= 0.3 is 0 Å². The number of sulfonamides is 1. The molecule has 2 N–H and O–H groups in total. The number of likely N-dealkylation sites (tertiary alicyclic amines) is 1. The van der Waals surface area contributed by atoms with E-state index in [9.17, 15) is 13.2 Å². The minimum Gasteiger partial charge on any atom is -0.361 e. The lowest BCUT2D eigenvalue weighted by atomic mass is 10.1. The highest BCUT2D eigenvalue weighted by Gasteiger charge is 2.32. The van der Waals surface area contributed by atoms with Crippen molar-refractivity contribution >= 4 is 21.6 Å². The SMILES string of the molecule is Cc1ccc(NS(=O)(=O)c2c(C)[nH]c(C)c2C(=O)N2CCCC2)c(C)c1. The smallest absolute Gasteiger partial charge is 0.264 e. The maximum absolute atomic E-state index is 13.1. The molecule has 1 aromatic heterocycles. The van der Waals surface area contributed by atoms with Crippen molar-refractivity contribution in [2.45, 2.75) is 45.4 Å². The highest BCUT2D eigenvalue weighted by molar-refractivity contribution is 7.92. The minimum absolute atomic E-state index is 0.0480. The summed E-state index contributed by atoms with van der Waals surface area (Å²) >= 11 is 0. The second-order valence-corrected chi connectivity index (χ2v) is 8.62. The summed E-state index contributed by atoms with van der Waals surface area (Å²) in [5.41, 5.74) is 3.73. The third-order valence-corrected chi connectivity index (χ3v) is 6.36. The monoisotopic (exact) mass is 375 g/mol. The molecule has 1 aliphatic heterocycles. The van der Waals surface area contributed by atoms with Gasteiger partial charge in [-0.05, 0) is 52.2 Å². The molecule has 1 amide bonds. The molecule has 140 valence electrons. The maximum Gasteiger partial charge on any atom is 0.264 e. The third-order valence-electron chi connectivity index (χ3n) is 4.82. The van der Waals surface area contributed by atoms with Crippen LogP contribution in [0.5, 0.6) is 0 Å². The van der Waals surface area contributed by atoms with Crippen molar-refractivity contribution < 1.29 is 13.2 Å². The van der Waals surface area contributed by atoms with Crippen LogP contribution < -0.4 is 4.72 Å². The summed E-state index contributed by atoms with van der Waals surface area (Å²) in [6.45, 7) is 8.59. The van der Waals surface area contributed by atoms with Crippen molar-refractivity contribution in [3.63, 3.8) is 0 Å². The number of carbonyl (C=O) groups is 1. The average molecular weight is 375 g/mol. The fourth-order valence-corrected chi connectivity index (χ4v) is 5.14. The van der Waals surface area contributed by atoms with Crippen LogP contribution in [0.2, 0.25) is 0 Å². The molecule has 0 saturated carbocycles. The predicted octanol–water partition coefficient (Wildman–Crippen LogP) is 3.29. The largest absolute Gasteiger partial charge is 0.361 e. The number of nitrogens with one attached hydrogen (secondary N) is 2. The molecule has 0 spiro atoms. The lowest BCUT2D eigenvalue weighted by Gasteiger charge is -2.17. The highest BCUT2D eigenvalue weighted by Crippen LogP contribution is 2.29. The van der Waals surface area contributed by atoms with Gasteiger partial charge in [0.05, 0.1) is 11.3 Å². The molecule has 1 aliphatic rings. The van der Waals surface area contributed by atoms with Gasteiger partial charge in [0.25, 0.3) is 15.9 Å². The molecular formula is C19H25N3O3S. The summed E-state index contributed by atoms with van der Waals surface area (Å²) in [5, 5.41) is 0.